The number of halogens is 3. The summed E-state index contributed by atoms with van der Waals surface area (Å²) in [6.45, 7) is 4.89. The van der Waals surface area contributed by atoms with Gasteiger partial charge in [-0.1, -0.05) is 48.2 Å². The molecule has 0 radical (unpaired) electrons. The number of rotatable bonds is 7. The SMILES string of the molecule is CC1CN(C(=O)c2csc(CSc3nnc(Cc4ccccc4)n3-c3cccc(C(F)(F)F)c3)n2)CC(C)O1. The average Bonchev–Trinajstić information content (AvgIpc) is 3.54. The molecule has 2 aromatic carbocycles. The van der Waals surface area contributed by atoms with E-state index >= 15 is 0 Å². The molecule has 0 bridgehead atoms. The molecule has 39 heavy (non-hydrogen) atoms. The summed E-state index contributed by atoms with van der Waals surface area (Å²) in [6, 6.07) is 14.7. The standard InChI is InChI=1S/C27H26F3N5O2S2/c1-17-13-34(14-18(2)37-17)25(36)22-15-38-24(31-22)16-39-26-33-32-23(11-19-7-4-3-5-8-19)35(26)21-10-6-9-20(12-21)27(28,29)30/h3-10,12,15,17-18H,11,13-14,16H2,1-2H3. The number of thioether (sulfide) groups is 1. The molecular weight excluding hydrogens is 547 g/mol. The van der Waals surface area contributed by atoms with Crippen molar-refractivity contribution in [1.82, 2.24) is 24.6 Å². The van der Waals surface area contributed by atoms with E-state index in [4.69, 9.17) is 4.74 Å². The molecule has 2 atom stereocenters. The number of nitrogens with zero attached hydrogens (tertiary/aromatic N) is 5. The van der Waals surface area contributed by atoms with Crippen molar-refractivity contribution in [2.24, 2.45) is 0 Å². The lowest BCUT2D eigenvalue weighted by molar-refractivity contribution is -0.137. The monoisotopic (exact) mass is 573 g/mol. The van der Waals surface area contributed by atoms with Gasteiger partial charge in [-0.25, -0.2) is 4.98 Å². The Bertz CT molecular complexity index is 1430. The topological polar surface area (TPSA) is 73.1 Å². The third-order valence-electron chi connectivity index (χ3n) is 6.14. The zero-order valence-corrected chi connectivity index (χ0v) is 22.9. The van der Waals surface area contributed by atoms with Crippen molar-refractivity contribution in [3.05, 3.63) is 87.6 Å². The van der Waals surface area contributed by atoms with Gasteiger partial charge >= 0.3 is 6.18 Å². The van der Waals surface area contributed by atoms with Crippen molar-refractivity contribution in [1.29, 1.82) is 0 Å². The van der Waals surface area contributed by atoms with Crippen molar-refractivity contribution < 1.29 is 22.7 Å². The van der Waals surface area contributed by atoms with Gasteiger partial charge in [0, 0.05) is 24.9 Å². The predicted octanol–water partition coefficient (Wildman–Crippen LogP) is 5.88. The summed E-state index contributed by atoms with van der Waals surface area (Å²) in [7, 11) is 0. The average molecular weight is 574 g/mol. The molecule has 12 heteroatoms. The zero-order chi connectivity index (χ0) is 27.6. The fraction of sp³-hybridized carbons (Fsp3) is 0.333. The first-order valence-corrected chi connectivity index (χ1v) is 14.2. The van der Waals surface area contributed by atoms with Gasteiger partial charge in [0.2, 0.25) is 0 Å². The second kappa shape index (κ2) is 11.5. The lowest BCUT2D eigenvalue weighted by atomic mass is 10.1. The highest BCUT2D eigenvalue weighted by atomic mass is 32.2. The number of hydrogen-bond acceptors (Lipinski definition) is 7. The fourth-order valence-corrected chi connectivity index (χ4v) is 6.23. The molecule has 1 fully saturated rings. The molecule has 3 heterocycles. The Morgan fingerprint density at radius 3 is 2.54 bits per heavy atom. The molecule has 4 aromatic rings. The number of amides is 1. The molecule has 0 aliphatic carbocycles. The lowest BCUT2D eigenvalue weighted by Crippen LogP contribution is -2.48. The smallest absolute Gasteiger partial charge is 0.372 e. The van der Waals surface area contributed by atoms with Crippen LogP contribution in [0.15, 0.2) is 65.1 Å². The number of carbonyl (C=O) groups excluding carboxylic acids is 1. The molecule has 2 aromatic heterocycles. The predicted molar refractivity (Wildman–Crippen MR) is 143 cm³/mol. The van der Waals surface area contributed by atoms with Gasteiger partial charge in [-0.15, -0.1) is 21.5 Å². The molecule has 7 nitrogen and oxygen atoms in total. The summed E-state index contributed by atoms with van der Waals surface area (Å²) in [5.74, 6) is 0.770. The number of aromatic nitrogens is 4. The van der Waals surface area contributed by atoms with E-state index in [1.807, 2.05) is 44.2 Å². The molecular formula is C27H26F3N5O2S2. The highest BCUT2D eigenvalue weighted by molar-refractivity contribution is 7.98. The molecule has 204 valence electrons. The number of morpholine rings is 1. The zero-order valence-electron chi connectivity index (χ0n) is 21.3. The van der Waals surface area contributed by atoms with Gasteiger partial charge in [0.25, 0.3) is 5.91 Å². The lowest BCUT2D eigenvalue weighted by Gasteiger charge is -2.34. The van der Waals surface area contributed by atoms with Crippen LogP contribution in [0, 0.1) is 0 Å². The van der Waals surface area contributed by atoms with Crippen molar-refractivity contribution in [3.8, 4) is 5.69 Å². The van der Waals surface area contributed by atoms with Crippen LogP contribution in [0.1, 0.15) is 46.3 Å². The summed E-state index contributed by atoms with van der Waals surface area (Å²) in [5, 5.41) is 11.5. The van der Waals surface area contributed by atoms with E-state index in [9.17, 15) is 18.0 Å². The second-order valence-corrected chi connectivity index (χ2v) is 11.2. The van der Waals surface area contributed by atoms with Gasteiger partial charge in [-0.3, -0.25) is 9.36 Å². The minimum Gasteiger partial charge on any atom is -0.372 e. The Morgan fingerprint density at radius 2 is 1.82 bits per heavy atom. The maximum absolute atomic E-state index is 13.5. The number of carbonyl (C=O) groups is 1. The molecule has 1 amide bonds. The van der Waals surface area contributed by atoms with Gasteiger partial charge < -0.3 is 9.64 Å². The fourth-order valence-electron chi connectivity index (χ4n) is 4.47. The Hall–Kier alpha value is -3.22. The highest BCUT2D eigenvalue weighted by Gasteiger charge is 2.31. The van der Waals surface area contributed by atoms with Crippen LogP contribution in [0.3, 0.4) is 0 Å². The maximum Gasteiger partial charge on any atom is 0.416 e. The second-order valence-electron chi connectivity index (χ2n) is 9.33. The van der Waals surface area contributed by atoms with Crippen molar-refractivity contribution in [2.45, 2.75) is 49.6 Å². The van der Waals surface area contributed by atoms with Crippen LogP contribution >= 0.6 is 23.1 Å². The summed E-state index contributed by atoms with van der Waals surface area (Å²) in [4.78, 5) is 19.3. The summed E-state index contributed by atoms with van der Waals surface area (Å²) >= 11 is 2.67. The highest BCUT2D eigenvalue weighted by Crippen LogP contribution is 2.33. The number of thiazole rings is 1. The van der Waals surface area contributed by atoms with Crippen LogP contribution in [-0.2, 0) is 23.1 Å². The van der Waals surface area contributed by atoms with Gasteiger partial charge in [0.05, 0.1) is 29.2 Å². The quantitative estimate of drug-likeness (QED) is 0.257. The first-order chi connectivity index (χ1) is 18.7. The van der Waals surface area contributed by atoms with E-state index in [0.717, 1.165) is 17.7 Å². The van der Waals surface area contributed by atoms with Crippen molar-refractivity contribution >= 4 is 29.0 Å². The van der Waals surface area contributed by atoms with Crippen LogP contribution in [-0.4, -0.2) is 55.9 Å². The molecule has 1 aliphatic rings. The van der Waals surface area contributed by atoms with Crippen molar-refractivity contribution in [3.63, 3.8) is 0 Å². The molecule has 0 spiro atoms. The van der Waals surface area contributed by atoms with Gasteiger partial charge in [0.1, 0.15) is 16.5 Å². The molecule has 5 rings (SSSR count). The van der Waals surface area contributed by atoms with Crippen LogP contribution in [0.25, 0.3) is 5.69 Å². The first-order valence-electron chi connectivity index (χ1n) is 12.3. The number of hydrogen-bond donors (Lipinski definition) is 0. The Morgan fingerprint density at radius 1 is 1.08 bits per heavy atom. The summed E-state index contributed by atoms with van der Waals surface area (Å²) in [6.07, 6.45) is -4.16. The molecule has 2 unspecified atom stereocenters. The maximum atomic E-state index is 13.5. The number of benzene rings is 2. The molecule has 0 saturated carbocycles. The van der Waals surface area contributed by atoms with E-state index in [-0.39, 0.29) is 18.1 Å². The molecule has 1 aliphatic heterocycles. The summed E-state index contributed by atoms with van der Waals surface area (Å²) < 4.78 is 47.8. The minimum absolute atomic E-state index is 0.0429. The van der Waals surface area contributed by atoms with Gasteiger partial charge in [0.15, 0.2) is 5.16 Å². The van der Waals surface area contributed by atoms with Gasteiger partial charge in [-0.05, 0) is 37.6 Å². The summed E-state index contributed by atoms with van der Waals surface area (Å²) in [5.41, 5.74) is 0.921. The normalized spacial score (nSPS) is 17.9. The third-order valence-corrected chi connectivity index (χ3v) is 8.11. The van der Waals surface area contributed by atoms with Gasteiger partial charge in [-0.2, -0.15) is 13.2 Å². The molecule has 1 saturated heterocycles. The minimum atomic E-state index is -4.48. The first kappa shape index (κ1) is 27.4. The van der Waals surface area contributed by atoms with E-state index < -0.39 is 11.7 Å². The van der Waals surface area contributed by atoms with E-state index in [2.05, 4.69) is 15.2 Å². The Kier molecular flexibility index (Phi) is 8.06. The Balaban J connectivity index is 1.38. The van der Waals surface area contributed by atoms with Crippen LogP contribution < -0.4 is 0 Å². The third kappa shape index (κ3) is 6.51. The van der Waals surface area contributed by atoms with Crippen LogP contribution in [0.2, 0.25) is 0 Å². The van der Waals surface area contributed by atoms with E-state index in [0.29, 0.717) is 52.6 Å². The molecule has 0 N–H and O–H groups in total. The van der Waals surface area contributed by atoms with E-state index in [1.54, 1.807) is 20.9 Å². The largest absolute Gasteiger partial charge is 0.416 e. The van der Waals surface area contributed by atoms with Crippen molar-refractivity contribution in [2.75, 3.05) is 13.1 Å². The van der Waals surface area contributed by atoms with Crippen LogP contribution in [0.4, 0.5) is 13.2 Å². The number of ether oxygens (including phenoxy) is 1. The van der Waals surface area contributed by atoms with Crippen LogP contribution in [0.5, 0.6) is 0 Å². The Labute approximate surface area is 232 Å². The number of alkyl halides is 3. The van der Waals surface area contributed by atoms with E-state index in [1.165, 1.54) is 29.2 Å².